The lowest BCUT2D eigenvalue weighted by atomic mass is 10.2. The lowest BCUT2D eigenvalue weighted by molar-refractivity contribution is -0.0522. The molecule has 0 amide bonds. The topological polar surface area (TPSA) is 9.23 Å². The van der Waals surface area contributed by atoms with Crippen molar-refractivity contribution in [3.8, 4) is 5.75 Å². The molecule has 0 N–H and O–H groups in total. The summed E-state index contributed by atoms with van der Waals surface area (Å²) in [7, 11) is 0. The Labute approximate surface area is 67.8 Å². The van der Waals surface area contributed by atoms with E-state index in [9.17, 15) is 13.2 Å². The van der Waals surface area contributed by atoms with E-state index in [0.717, 1.165) is 6.07 Å². The molecule has 66 valence electrons. The van der Waals surface area contributed by atoms with Crippen molar-refractivity contribution in [1.82, 2.24) is 0 Å². The van der Waals surface area contributed by atoms with E-state index >= 15 is 0 Å². The lowest BCUT2D eigenvalue weighted by Gasteiger charge is -2.06. The van der Waals surface area contributed by atoms with Gasteiger partial charge in [0.05, 0.1) is 0 Å². The first-order valence-corrected chi connectivity index (χ1v) is 3.31. The van der Waals surface area contributed by atoms with E-state index in [2.05, 4.69) is 4.74 Å². The molecule has 0 unspecified atom stereocenters. The number of hydrogen-bond donors (Lipinski definition) is 0. The van der Waals surface area contributed by atoms with E-state index in [4.69, 9.17) is 0 Å². The quantitative estimate of drug-likeness (QED) is 0.673. The molecule has 0 saturated heterocycles. The molecule has 1 aromatic rings. The Balaban J connectivity index is 2.92. The van der Waals surface area contributed by atoms with E-state index < -0.39 is 18.2 Å². The van der Waals surface area contributed by atoms with Gasteiger partial charge < -0.3 is 4.74 Å². The second-order valence-corrected chi connectivity index (χ2v) is 2.27. The van der Waals surface area contributed by atoms with Gasteiger partial charge in [-0.25, -0.2) is 4.39 Å². The van der Waals surface area contributed by atoms with Crippen molar-refractivity contribution >= 4 is 0 Å². The Kier molecular flexibility index (Phi) is 2.58. The average molecular weight is 176 g/mol. The standard InChI is InChI=1S/C8H7F3O/c1-5-3-2-4-6(7(5)9)12-8(10)11/h2-4,8H,1H3. The molecular weight excluding hydrogens is 169 g/mol. The Hall–Kier alpha value is -1.19. The third-order valence-corrected chi connectivity index (χ3v) is 1.37. The smallest absolute Gasteiger partial charge is 0.387 e. The molecule has 4 heteroatoms. The molecule has 0 aliphatic carbocycles. The highest BCUT2D eigenvalue weighted by Crippen LogP contribution is 2.21. The van der Waals surface area contributed by atoms with Crippen LogP contribution in [-0.4, -0.2) is 6.61 Å². The van der Waals surface area contributed by atoms with Crippen LogP contribution < -0.4 is 4.74 Å². The van der Waals surface area contributed by atoms with Crippen molar-refractivity contribution in [3.63, 3.8) is 0 Å². The summed E-state index contributed by atoms with van der Waals surface area (Å²) in [5, 5.41) is 0. The van der Waals surface area contributed by atoms with Gasteiger partial charge in [0.2, 0.25) is 0 Å². The largest absolute Gasteiger partial charge is 0.432 e. The van der Waals surface area contributed by atoms with Crippen LogP contribution in [0.5, 0.6) is 5.75 Å². The van der Waals surface area contributed by atoms with Crippen molar-refractivity contribution in [3.05, 3.63) is 29.6 Å². The summed E-state index contributed by atoms with van der Waals surface area (Å²) in [4.78, 5) is 0. The van der Waals surface area contributed by atoms with E-state index in [1.165, 1.54) is 19.1 Å². The maximum Gasteiger partial charge on any atom is 0.387 e. The summed E-state index contributed by atoms with van der Waals surface area (Å²) in [6.07, 6.45) is 0. The number of ether oxygens (including phenoxy) is 1. The van der Waals surface area contributed by atoms with Crippen LogP contribution in [0.3, 0.4) is 0 Å². The van der Waals surface area contributed by atoms with Crippen LogP contribution in [0.2, 0.25) is 0 Å². The first-order chi connectivity index (χ1) is 5.61. The van der Waals surface area contributed by atoms with Crippen molar-refractivity contribution in [2.45, 2.75) is 13.5 Å². The summed E-state index contributed by atoms with van der Waals surface area (Å²) in [6.45, 7) is -1.51. The molecule has 1 nitrogen and oxygen atoms in total. The number of hydrogen-bond acceptors (Lipinski definition) is 1. The average Bonchev–Trinajstić information content (AvgIpc) is 1.98. The number of alkyl halides is 2. The summed E-state index contributed by atoms with van der Waals surface area (Å²) < 4.78 is 40.1. The fourth-order valence-electron chi connectivity index (χ4n) is 0.807. The van der Waals surface area contributed by atoms with Crippen LogP contribution >= 0.6 is 0 Å². The van der Waals surface area contributed by atoms with Crippen LogP contribution in [0.25, 0.3) is 0 Å². The Morgan fingerprint density at radius 2 is 2.00 bits per heavy atom. The van der Waals surface area contributed by atoms with Gasteiger partial charge in [0.15, 0.2) is 11.6 Å². The Morgan fingerprint density at radius 3 is 2.58 bits per heavy atom. The van der Waals surface area contributed by atoms with Gasteiger partial charge in [0.25, 0.3) is 0 Å². The molecule has 0 aliphatic rings. The van der Waals surface area contributed by atoms with Crippen LogP contribution in [0, 0.1) is 12.7 Å². The van der Waals surface area contributed by atoms with Crippen LogP contribution in [0.4, 0.5) is 13.2 Å². The fraction of sp³-hybridized carbons (Fsp3) is 0.250. The van der Waals surface area contributed by atoms with Crippen LogP contribution in [0.1, 0.15) is 5.56 Å². The molecular formula is C8H7F3O. The first-order valence-electron chi connectivity index (χ1n) is 3.31. The number of aryl methyl sites for hydroxylation is 1. The minimum Gasteiger partial charge on any atom is -0.432 e. The third-order valence-electron chi connectivity index (χ3n) is 1.37. The van der Waals surface area contributed by atoms with Crippen LogP contribution in [0.15, 0.2) is 18.2 Å². The number of halogens is 3. The Bertz CT molecular complexity index is 273. The van der Waals surface area contributed by atoms with E-state index in [-0.39, 0.29) is 5.56 Å². The predicted molar refractivity (Wildman–Crippen MR) is 37.8 cm³/mol. The van der Waals surface area contributed by atoms with Gasteiger partial charge in [0, 0.05) is 0 Å². The van der Waals surface area contributed by atoms with Crippen molar-refractivity contribution < 1.29 is 17.9 Å². The Morgan fingerprint density at radius 1 is 1.33 bits per heavy atom. The van der Waals surface area contributed by atoms with Crippen molar-refractivity contribution in [1.29, 1.82) is 0 Å². The van der Waals surface area contributed by atoms with Gasteiger partial charge in [-0.3, -0.25) is 0 Å². The molecule has 0 aliphatic heterocycles. The van der Waals surface area contributed by atoms with Gasteiger partial charge in [-0.1, -0.05) is 12.1 Å². The zero-order valence-corrected chi connectivity index (χ0v) is 6.35. The fourth-order valence-corrected chi connectivity index (χ4v) is 0.807. The molecule has 0 spiro atoms. The molecule has 12 heavy (non-hydrogen) atoms. The van der Waals surface area contributed by atoms with Gasteiger partial charge in [-0.2, -0.15) is 8.78 Å². The summed E-state index contributed by atoms with van der Waals surface area (Å²) in [5.74, 6) is -1.15. The summed E-state index contributed by atoms with van der Waals surface area (Å²) in [5.41, 5.74) is 0.285. The van der Waals surface area contributed by atoms with Crippen molar-refractivity contribution in [2.75, 3.05) is 0 Å². The predicted octanol–water partition coefficient (Wildman–Crippen LogP) is 2.74. The SMILES string of the molecule is Cc1cccc(OC(F)F)c1F. The molecule has 0 atom stereocenters. The minimum absolute atomic E-state index is 0.285. The maximum absolute atomic E-state index is 12.9. The minimum atomic E-state index is -2.98. The maximum atomic E-state index is 12.9. The van der Waals surface area contributed by atoms with Gasteiger partial charge in [-0.15, -0.1) is 0 Å². The van der Waals surface area contributed by atoms with Gasteiger partial charge in [-0.05, 0) is 18.6 Å². The summed E-state index contributed by atoms with van der Waals surface area (Å²) >= 11 is 0. The third kappa shape index (κ3) is 1.90. The second kappa shape index (κ2) is 3.47. The summed E-state index contributed by atoms with van der Waals surface area (Å²) in [6, 6.07) is 4.10. The van der Waals surface area contributed by atoms with E-state index in [0.29, 0.717) is 0 Å². The molecule has 0 fully saturated rings. The highest BCUT2D eigenvalue weighted by molar-refractivity contribution is 5.29. The molecule has 0 bridgehead atoms. The van der Waals surface area contributed by atoms with Gasteiger partial charge >= 0.3 is 6.61 Å². The molecule has 1 rings (SSSR count). The number of rotatable bonds is 2. The van der Waals surface area contributed by atoms with Crippen molar-refractivity contribution in [2.24, 2.45) is 0 Å². The monoisotopic (exact) mass is 176 g/mol. The van der Waals surface area contributed by atoms with E-state index in [1.54, 1.807) is 0 Å². The first kappa shape index (κ1) is 8.90. The zero-order chi connectivity index (χ0) is 9.14. The molecule has 0 heterocycles. The highest BCUT2D eigenvalue weighted by atomic mass is 19.3. The molecule has 1 aromatic carbocycles. The van der Waals surface area contributed by atoms with E-state index in [1.807, 2.05) is 0 Å². The molecule has 0 radical (unpaired) electrons. The van der Waals surface area contributed by atoms with Crippen LogP contribution in [-0.2, 0) is 0 Å². The number of benzene rings is 1. The molecule has 0 saturated carbocycles. The lowest BCUT2D eigenvalue weighted by Crippen LogP contribution is -2.04. The normalized spacial score (nSPS) is 10.4. The molecule has 0 aromatic heterocycles. The van der Waals surface area contributed by atoms with Gasteiger partial charge in [0.1, 0.15) is 0 Å². The zero-order valence-electron chi connectivity index (χ0n) is 6.35. The highest BCUT2D eigenvalue weighted by Gasteiger charge is 2.10. The second-order valence-electron chi connectivity index (χ2n) is 2.27.